The molecule has 1 aromatic carbocycles. The molecule has 1 atom stereocenters. The number of imide groups is 1. The van der Waals surface area contributed by atoms with Crippen LogP contribution in [0.15, 0.2) is 30.5 Å². The van der Waals surface area contributed by atoms with Crippen LogP contribution < -0.4 is 20.0 Å². The maximum atomic E-state index is 13.6. The number of aliphatic carboxylic acids is 1. The van der Waals surface area contributed by atoms with E-state index in [0.29, 0.717) is 68.5 Å². The summed E-state index contributed by atoms with van der Waals surface area (Å²) in [6, 6.07) is 5.30. The Morgan fingerprint density at radius 3 is 2.22 bits per heavy atom. The highest BCUT2D eigenvalue weighted by Gasteiger charge is 2.56. The number of carboxylic acid groups (broad SMARTS) is 1. The van der Waals surface area contributed by atoms with Gasteiger partial charge in [0.15, 0.2) is 5.82 Å². The van der Waals surface area contributed by atoms with Crippen molar-refractivity contribution in [2.45, 2.75) is 83.7 Å². The number of aromatic nitrogens is 2. The quantitative estimate of drug-likeness (QED) is 0.340. The van der Waals surface area contributed by atoms with Crippen molar-refractivity contribution in [1.29, 1.82) is 0 Å². The highest BCUT2D eigenvalue weighted by atomic mass is 16.4. The Bertz CT molecular complexity index is 1430. The summed E-state index contributed by atoms with van der Waals surface area (Å²) in [5.74, 6) is -0.570. The minimum Gasteiger partial charge on any atom is -0.480 e. The number of likely N-dealkylation sites (N-methyl/N-ethyl adjacent to an activating group) is 1. The number of hydrogen-bond donors (Lipinski definition) is 2. The van der Waals surface area contributed by atoms with Crippen LogP contribution in [0.25, 0.3) is 0 Å². The number of carbonyl (C=O) groups is 4. The van der Waals surface area contributed by atoms with E-state index in [2.05, 4.69) is 10.3 Å². The van der Waals surface area contributed by atoms with E-state index >= 15 is 0 Å². The molecule has 2 saturated heterocycles. The molecule has 1 saturated carbocycles. The SMILES string of the molecule is CCN(CC)c1ncc(N(CC)C(=O)N2CCCC2)c(N[C@@H](Cc2ccc(N3C(=O)N(C)C4(CCCCC4)C3=O)cc2)C(=O)O)n1. The van der Waals surface area contributed by atoms with Crippen LogP contribution in [0, 0.1) is 0 Å². The zero-order chi connectivity index (χ0) is 33.0. The number of nitrogens with zero attached hydrogens (tertiary/aromatic N) is 7. The first kappa shape index (κ1) is 33.0. The van der Waals surface area contributed by atoms with Crippen molar-refractivity contribution in [3.8, 4) is 0 Å². The number of carbonyl (C=O) groups excluding carboxylic acids is 3. The van der Waals surface area contributed by atoms with E-state index in [4.69, 9.17) is 4.98 Å². The van der Waals surface area contributed by atoms with Crippen molar-refractivity contribution in [1.82, 2.24) is 19.8 Å². The van der Waals surface area contributed by atoms with Gasteiger partial charge >= 0.3 is 18.0 Å². The molecule has 3 heterocycles. The van der Waals surface area contributed by atoms with Gasteiger partial charge in [-0.1, -0.05) is 31.4 Å². The molecule has 3 fully saturated rings. The number of nitrogens with one attached hydrogen (secondary N) is 1. The molecule has 0 radical (unpaired) electrons. The second-order valence-electron chi connectivity index (χ2n) is 12.3. The van der Waals surface area contributed by atoms with Crippen LogP contribution in [-0.4, -0.2) is 100 Å². The van der Waals surface area contributed by atoms with Gasteiger partial charge in [-0.25, -0.2) is 24.3 Å². The van der Waals surface area contributed by atoms with E-state index in [1.54, 1.807) is 52.2 Å². The monoisotopic (exact) mass is 634 g/mol. The molecular weight excluding hydrogens is 588 g/mol. The lowest BCUT2D eigenvalue weighted by Gasteiger charge is -2.35. The molecule has 2 N–H and O–H groups in total. The Morgan fingerprint density at radius 2 is 1.63 bits per heavy atom. The minimum absolute atomic E-state index is 0.0948. The van der Waals surface area contributed by atoms with Crippen LogP contribution in [0.3, 0.4) is 0 Å². The van der Waals surface area contributed by atoms with Gasteiger partial charge in [0.05, 0.1) is 11.9 Å². The number of rotatable bonds is 11. The second-order valence-corrected chi connectivity index (χ2v) is 12.3. The van der Waals surface area contributed by atoms with Gasteiger partial charge in [0.2, 0.25) is 5.95 Å². The van der Waals surface area contributed by atoms with Gasteiger partial charge in [-0.2, -0.15) is 4.98 Å². The van der Waals surface area contributed by atoms with Gasteiger partial charge in [0.1, 0.15) is 17.3 Å². The van der Waals surface area contributed by atoms with Crippen LogP contribution in [0.4, 0.5) is 32.7 Å². The largest absolute Gasteiger partial charge is 0.480 e. The molecule has 5 amide bonds. The van der Waals surface area contributed by atoms with Crippen LogP contribution >= 0.6 is 0 Å². The third-order valence-electron chi connectivity index (χ3n) is 9.66. The predicted molar refractivity (Wildman–Crippen MR) is 176 cm³/mol. The van der Waals surface area contributed by atoms with E-state index in [1.165, 1.54) is 4.90 Å². The maximum absolute atomic E-state index is 13.6. The highest BCUT2D eigenvalue weighted by molar-refractivity contribution is 6.23. The van der Waals surface area contributed by atoms with Crippen LogP contribution in [-0.2, 0) is 16.0 Å². The fraction of sp³-hybridized carbons (Fsp3) is 0.576. The summed E-state index contributed by atoms with van der Waals surface area (Å²) in [6.07, 6.45) is 7.78. The summed E-state index contributed by atoms with van der Waals surface area (Å²) in [6.45, 7) is 8.89. The Morgan fingerprint density at radius 1 is 0.978 bits per heavy atom. The van der Waals surface area contributed by atoms with E-state index in [9.17, 15) is 24.3 Å². The van der Waals surface area contributed by atoms with Gasteiger partial charge in [-0.15, -0.1) is 0 Å². The highest BCUT2D eigenvalue weighted by Crippen LogP contribution is 2.41. The van der Waals surface area contributed by atoms with E-state index < -0.39 is 17.6 Å². The smallest absolute Gasteiger partial charge is 0.332 e. The first-order valence-electron chi connectivity index (χ1n) is 16.5. The standard InChI is InChI=1S/C33H46N8O5/c1-5-38(6-2)30-34-22-26(40(7-3)32(46)39-19-11-12-20-39)27(36-30)35-25(28(42)43)21-23-13-15-24(16-14-23)41-29(44)33(37(4)31(41)45)17-9-8-10-18-33/h13-16,22,25H,5-12,17-21H2,1-4H3,(H,42,43)(H,34,35,36)/t25-/m0/s1. The van der Waals surface area contributed by atoms with Crippen molar-refractivity contribution in [2.24, 2.45) is 0 Å². The Kier molecular flexibility index (Phi) is 9.97. The van der Waals surface area contributed by atoms with Crippen LogP contribution in [0.1, 0.15) is 71.3 Å². The van der Waals surface area contributed by atoms with Crippen molar-refractivity contribution in [3.63, 3.8) is 0 Å². The second kappa shape index (κ2) is 13.9. The molecule has 1 aliphatic carbocycles. The molecule has 46 heavy (non-hydrogen) atoms. The topological polar surface area (TPSA) is 143 Å². The number of carboxylic acids is 1. The van der Waals surface area contributed by atoms with E-state index in [1.807, 2.05) is 25.7 Å². The number of urea groups is 2. The summed E-state index contributed by atoms with van der Waals surface area (Å²) in [7, 11) is 1.70. The summed E-state index contributed by atoms with van der Waals surface area (Å²) in [5.41, 5.74) is 0.801. The molecule has 1 aromatic heterocycles. The normalized spacial score (nSPS) is 18.3. The molecular formula is C33H46N8O5. The summed E-state index contributed by atoms with van der Waals surface area (Å²) in [4.78, 5) is 70.3. The summed E-state index contributed by atoms with van der Waals surface area (Å²) < 4.78 is 0. The molecule has 0 bridgehead atoms. The molecule has 13 nitrogen and oxygen atoms in total. The fourth-order valence-electron chi connectivity index (χ4n) is 6.88. The third kappa shape index (κ3) is 6.19. The van der Waals surface area contributed by atoms with E-state index in [0.717, 1.165) is 32.1 Å². The molecule has 3 aliphatic rings. The average Bonchev–Trinajstić information content (AvgIpc) is 3.67. The average molecular weight is 635 g/mol. The number of amides is 5. The minimum atomic E-state index is -1.09. The maximum Gasteiger partial charge on any atom is 0.332 e. The van der Waals surface area contributed by atoms with Gasteiger partial charge in [-0.3, -0.25) is 9.69 Å². The van der Waals surface area contributed by atoms with Crippen molar-refractivity contribution in [2.75, 3.05) is 59.8 Å². The fourth-order valence-corrected chi connectivity index (χ4v) is 6.88. The van der Waals surface area contributed by atoms with Gasteiger partial charge in [0, 0.05) is 46.2 Å². The molecule has 1 spiro atoms. The number of likely N-dealkylation sites (tertiary alicyclic amines) is 1. The zero-order valence-electron chi connectivity index (χ0n) is 27.4. The number of anilines is 4. The molecule has 13 heteroatoms. The van der Waals surface area contributed by atoms with Crippen molar-refractivity contribution < 1.29 is 24.3 Å². The predicted octanol–water partition coefficient (Wildman–Crippen LogP) is 4.57. The lowest BCUT2D eigenvalue weighted by Crippen LogP contribution is -2.49. The van der Waals surface area contributed by atoms with Crippen LogP contribution in [0.5, 0.6) is 0 Å². The lowest BCUT2D eigenvalue weighted by atomic mass is 9.80. The Labute approximate surface area is 270 Å². The van der Waals surface area contributed by atoms with E-state index in [-0.39, 0.29) is 30.2 Å². The number of hydrogen-bond acceptors (Lipinski definition) is 8. The zero-order valence-corrected chi connectivity index (χ0v) is 27.4. The first-order chi connectivity index (χ1) is 22.1. The Hall–Kier alpha value is -4.42. The summed E-state index contributed by atoms with van der Waals surface area (Å²) in [5, 5.41) is 13.4. The molecule has 248 valence electrons. The third-order valence-corrected chi connectivity index (χ3v) is 9.66. The van der Waals surface area contributed by atoms with Gasteiger partial charge in [0.25, 0.3) is 5.91 Å². The molecule has 2 aromatic rings. The first-order valence-corrected chi connectivity index (χ1v) is 16.5. The Balaban J connectivity index is 1.39. The molecule has 0 unspecified atom stereocenters. The van der Waals surface area contributed by atoms with Crippen molar-refractivity contribution >= 4 is 47.1 Å². The number of benzene rings is 1. The molecule has 5 rings (SSSR count). The van der Waals surface area contributed by atoms with Crippen molar-refractivity contribution in [3.05, 3.63) is 36.0 Å². The van der Waals surface area contributed by atoms with Gasteiger partial charge in [-0.05, 0) is 64.2 Å². The molecule has 2 aliphatic heterocycles. The van der Waals surface area contributed by atoms with Gasteiger partial charge < -0.3 is 25.1 Å². The lowest BCUT2D eigenvalue weighted by molar-refractivity contribution is -0.137. The van der Waals surface area contributed by atoms with Crippen LogP contribution in [0.2, 0.25) is 0 Å². The summed E-state index contributed by atoms with van der Waals surface area (Å²) >= 11 is 0.